The number of nitrogens with one attached hydrogen (secondary N) is 1. The van der Waals surface area contributed by atoms with Crippen LogP contribution in [0.2, 0.25) is 0 Å². The first-order valence-corrected chi connectivity index (χ1v) is 28.1. The van der Waals surface area contributed by atoms with Gasteiger partial charge in [0, 0.05) is 6.42 Å². The highest BCUT2D eigenvalue weighted by Crippen LogP contribution is 2.43. The fourth-order valence-corrected chi connectivity index (χ4v) is 8.78. The monoisotopic (exact) mass is 886 g/mol. The van der Waals surface area contributed by atoms with E-state index >= 15 is 0 Å². The van der Waals surface area contributed by atoms with Gasteiger partial charge in [-0.25, -0.2) is 4.57 Å². The third kappa shape index (κ3) is 47.0. The molecule has 0 fully saturated rings. The molecule has 3 N–H and O–H groups in total. The Balaban J connectivity index is 4.18. The van der Waals surface area contributed by atoms with Crippen molar-refractivity contribution in [2.24, 2.45) is 0 Å². The van der Waals surface area contributed by atoms with Crippen molar-refractivity contribution in [1.82, 2.24) is 5.32 Å². The molecule has 0 saturated heterocycles. The van der Waals surface area contributed by atoms with Crippen LogP contribution in [0.3, 0.4) is 0 Å². The summed E-state index contributed by atoms with van der Waals surface area (Å²) >= 11 is 0. The number of rotatable bonds is 49. The Bertz CT molecular complexity index is 1000. The molecule has 0 spiro atoms. The second-order valence-corrected chi connectivity index (χ2v) is 21.1. The van der Waals surface area contributed by atoms with Crippen molar-refractivity contribution in [3.63, 3.8) is 0 Å². The SMILES string of the molecule is CCCCCCCCCCCCCCC/C=C/C(O)C(COP(=O)(O)OCC[N+](C)(C)C)NC(=O)CCCCCCCCCCCCCCCCCCCCCCCCCC. The lowest BCUT2D eigenvalue weighted by Crippen LogP contribution is -2.45. The normalized spacial score (nSPS) is 14.1. The second-order valence-electron chi connectivity index (χ2n) is 19.6. The Morgan fingerprint density at radius 1 is 0.541 bits per heavy atom. The van der Waals surface area contributed by atoms with Crippen molar-refractivity contribution in [2.45, 2.75) is 276 Å². The molecular formula is C52H106N2O6P+. The fraction of sp³-hybridized carbons (Fsp3) is 0.942. The summed E-state index contributed by atoms with van der Waals surface area (Å²) in [6, 6.07) is -0.841. The summed E-state index contributed by atoms with van der Waals surface area (Å²) < 4.78 is 23.6. The lowest BCUT2D eigenvalue weighted by Gasteiger charge is -2.25. The largest absolute Gasteiger partial charge is 0.472 e. The Kier molecular flexibility index (Phi) is 43.9. The van der Waals surface area contributed by atoms with Gasteiger partial charge in [0.15, 0.2) is 0 Å². The minimum absolute atomic E-state index is 0.0649. The van der Waals surface area contributed by atoms with E-state index in [1.807, 2.05) is 27.2 Å². The van der Waals surface area contributed by atoms with Gasteiger partial charge >= 0.3 is 7.82 Å². The molecule has 61 heavy (non-hydrogen) atoms. The van der Waals surface area contributed by atoms with Crippen LogP contribution in [0.5, 0.6) is 0 Å². The molecule has 3 atom stereocenters. The van der Waals surface area contributed by atoms with Gasteiger partial charge in [0.1, 0.15) is 13.2 Å². The Morgan fingerprint density at radius 3 is 1.21 bits per heavy atom. The summed E-state index contributed by atoms with van der Waals surface area (Å²) in [5.74, 6) is -0.171. The van der Waals surface area contributed by atoms with Crippen LogP contribution in [-0.2, 0) is 18.4 Å². The molecule has 0 aromatic rings. The van der Waals surface area contributed by atoms with E-state index in [1.54, 1.807) is 6.08 Å². The highest BCUT2D eigenvalue weighted by molar-refractivity contribution is 7.47. The maximum atomic E-state index is 12.9. The number of allylic oxidation sites excluding steroid dienone is 1. The molecule has 0 bridgehead atoms. The number of aliphatic hydroxyl groups is 1. The van der Waals surface area contributed by atoms with Crippen molar-refractivity contribution in [1.29, 1.82) is 0 Å². The van der Waals surface area contributed by atoms with Crippen LogP contribution in [0.15, 0.2) is 12.2 Å². The summed E-state index contributed by atoms with van der Waals surface area (Å²) in [5.41, 5.74) is 0. The number of likely N-dealkylation sites (N-methyl/N-ethyl adjacent to an activating group) is 1. The molecule has 0 radical (unpaired) electrons. The topological polar surface area (TPSA) is 105 Å². The molecule has 3 unspecified atom stereocenters. The van der Waals surface area contributed by atoms with E-state index in [0.29, 0.717) is 17.4 Å². The average Bonchev–Trinajstić information content (AvgIpc) is 3.21. The van der Waals surface area contributed by atoms with E-state index in [2.05, 4.69) is 19.2 Å². The number of hydrogen-bond donors (Lipinski definition) is 3. The fourth-order valence-electron chi connectivity index (χ4n) is 8.04. The minimum Gasteiger partial charge on any atom is -0.387 e. The number of phosphoric acid groups is 1. The Hall–Kier alpha value is -0.760. The predicted molar refractivity (Wildman–Crippen MR) is 263 cm³/mol. The number of quaternary nitrogens is 1. The Morgan fingerprint density at radius 2 is 0.869 bits per heavy atom. The van der Waals surface area contributed by atoms with Gasteiger partial charge in [0.2, 0.25) is 5.91 Å². The number of aliphatic hydroxyl groups excluding tert-OH is 1. The molecular weight excluding hydrogens is 780 g/mol. The zero-order valence-corrected chi connectivity index (χ0v) is 42.3. The van der Waals surface area contributed by atoms with Crippen molar-refractivity contribution < 1.29 is 32.9 Å². The molecule has 0 aromatic carbocycles. The van der Waals surface area contributed by atoms with Crippen LogP contribution in [-0.4, -0.2) is 73.4 Å². The third-order valence-corrected chi connectivity index (χ3v) is 13.2. The number of nitrogens with zero attached hydrogens (tertiary/aromatic N) is 1. The molecule has 8 nitrogen and oxygen atoms in total. The van der Waals surface area contributed by atoms with Gasteiger partial charge in [-0.3, -0.25) is 13.8 Å². The van der Waals surface area contributed by atoms with E-state index in [1.165, 1.54) is 212 Å². The molecule has 1 amide bonds. The first-order valence-electron chi connectivity index (χ1n) is 26.6. The molecule has 9 heteroatoms. The van der Waals surface area contributed by atoms with Crippen LogP contribution in [0.1, 0.15) is 264 Å². The average molecular weight is 886 g/mol. The van der Waals surface area contributed by atoms with Crippen molar-refractivity contribution in [2.75, 3.05) is 40.9 Å². The zero-order chi connectivity index (χ0) is 45.0. The molecule has 0 heterocycles. The van der Waals surface area contributed by atoms with Gasteiger partial charge in [-0.05, 0) is 19.3 Å². The maximum absolute atomic E-state index is 12.9. The van der Waals surface area contributed by atoms with Gasteiger partial charge in [-0.15, -0.1) is 0 Å². The van der Waals surface area contributed by atoms with E-state index < -0.39 is 20.0 Å². The zero-order valence-electron chi connectivity index (χ0n) is 41.4. The number of unbranched alkanes of at least 4 members (excludes halogenated alkanes) is 36. The number of carbonyl (C=O) groups excluding carboxylic acids is 1. The summed E-state index contributed by atoms with van der Waals surface area (Å²) in [6.45, 7) is 4.85. The van der Waals surface area contributed by atoms with Crippen LogP contribution in [0.4, 0.5) is 0 Å². The summed E-state index contributed by atoms with van der Waals surface area (Å²) in [6.07, 6.45) is 53.0. The van der Waals surface area contributed by atoms with Gasteiger partial charge in [-0.1, -0.05) is 251 Å². The summed E-state index contributed by atoms with van der Waals surface area (Å²) in [4.78, 5) is 23.2. The van der Waals surface area contributed by atoms with Crippen molar-refractivity contribution >= 4 is 13.7 Å². The first kappa shape index (κ1) is 60.2. The van der Waals surface area contributed by atoms with E-state index in [4.69, 9.17) is 9.05 Å². The minimum atomic E-state index is -4.34. The van der Waals surface area contributed by atoms with Crippen molar-refractivity contribution in [3.05, 3.63) is 12.2 Å². The van der Waals surface area contributed by atoms with Crippen molar-refractivity contribution in [3.8, 4) is 0 Å². The summed E-state index contributed by atoms with van der Waals surface area (Å²) in [7, 11) is 1.59. The highest BCUT2D eigenvalue weighted by atomic mass is 31.2. The molecule has 0 aliphatic rings. The molecule has 0 aliphatic heterocycles. The lowest BCUT2D eigenvalue weighted by atomic mass is 10.0. The third-order valence-electron chi connectivity index (χ3n) is 12.3. The maximum Gasteiger partial charge on any atom is 0.472 e. The smallest absolute Gasteiger partial charge is 0.387 e. The molecule has 0 aliphatic carbocycles. The molecule has 364 valence electrons. The molecule has 0 rings (SSSR count). The lowest BCUT2D eigenvalue weighted by molar-refractivity contribution is -0.870. The Labute approximate surface area is 380 Å². The second kappa shape index (κ2) is 44.4. The number of phosphoric ester groups is 1. The van der Waals surface area contributed by atoms with Gasteiger partial charge in [0.25, 0.3) is 0 Å². The predicted octanol–water partition coefficient (Wildman–Crippen LogP) is 15.5. The molecule has 0 aromatic heterocycles. The quantitative estimate of drug-likeness (QED) is 0.0243. The highest BCUT2D eigenvalue weighted by Gasteiger charge is 2.27. The van der Waals surface area contributed by atoms with Crippen LogP contribution >= 0.6 is 7.82 Å². The first-order chi connectivity index (χ1) is 29.5. The van der Waals surface area contributed by atoms with E-state index in [9.17, 15) is 19.4 Å². The molecule has 0 saturated carbocycles. The van der Waals surface area contributed by atoms with Crippen LogP contribution in [0.25, 0.3) is 0 Å². The number of hydrogen-bond acceptors (Lipinski definition) is 5. The number of carbonyl (C=O) groups is 1. The van der Waals surface area contributed by atoms with E-state index in [0.717, 1.165) is 32.1 Å². The van der Waals surface area contributed by atoms with Crippen LogP contribution < -0.4 is 5.32 Å². The van der Waals surface area contributed by atoms with Gasteiger partial charge < -0.3 is 19.8 Å². The summed E-state index contributed by atoms with van der Waals surface area (Å²) in [5, 5.41) is 13.9. The van der Waals surface area contributed by atoms with Gasteiger partial charge in [-0.2, -0.15) is 0 Å². The van der Waals surface area contributed by atoms with E-state index in [-0.39, 0.29) is 19.1 Å². The standard InChI is InChI=1S/C52H105N2O6P/c1-6-8-10-12-14-16-18-20-22-23-24-25-26-27-28-29-30-32-34-36-38-40-42-44-46-52(56)53-50(49-60-61(57,58)59-48-47-54(3,4)5)51(55)45-43-41-39-37-35-33-31-21-19-17-15-13-11-9-7-2/h43,45,50-51,55H,6-42,44,46-49H2,1-5H3,(H-,53,56,57,58)/p+1/b45-43+. The number of amides is 1. The van der Waals surface area contributed by atoms with Crippen LogP contribution in [0, 0.1) is 0 Å². The van der Waals surface area contributed by atoms with Gasteiger partial charge in [0.05, 0.1) is 39.9 Å².